The van der Waals surface area contributed by atoms with Crippen LogP contribution in [0.25, 0.3) is 0 Å². The number of carbonyl (C=O) groups is 1. The molecule has 1 aromatic carbocycles. The van der Waals surface area contributed by atoms with Gasteiger partial charge in [-0.2, -0.15) is 0 Å². The molecule has 0 saturated heterocycles. The van der Waals surface area contributed by atoms with Gasteiger partial charge in [0.05, 0.1) is 6.10 Å². The molecule has 0 aliphatic rings. The minimum absolute atomic E-state index is 0.419. The van der Waals surface area contributed by atoms with Crippen LogP contribution in [0.15, 0.2) is 24.3 Å². The van der Waals surface area contributed by atoms with Gasteiger partial charge in [-0.15, -0.1) is 0 Å². The summed E-state index contributed by atoms with van der Waals surface area (Å²) in [5, 5.41) is 11.6. The van der Waals surface area contributed by atoms with Gasteiger partial charge in [0.25, 0.3) is 0 Å². The van der Waals surface area contributed by atoms with Crippen LogP contribution in [0.3, 0.4) is 0 Å². The van der Waals surface area contributed by atoms with Crippen molar-refractivity contribution in [1.82, 2.24) is 5.32 Å². The Bertz CT molecular complexity index is 323. The molecule has 4 nitrogen and oxygen atoms in total. The zero-order valence-corrected chi connectivity index (χ0v) is 8.15. The SMILES string of the molecule is CNC(=O)Oc1cccc([C@@H](C)O)c1. The minimum Gasteiger partial charge on any atom is -0.410 e. The Kier molecular flexibility index (Phi) is 3.48. The van der Waals surface area contributed by atoms with E-state index in [0.29, 0.717) is 11.3 Å². The molecule has 1 atom stereocenters. The van der Waals surface area contributed by atoms with E-state index in [-0.39, 0.29) is 0 Å². The predicted molar refractivity (Wildman–Crippen MR) is 52.2 cm³/mol. The van der Waals surface area contributed by atoms with E-state index in [2.05, 4.69) is 5.32 Å². The van der Waals surface area contributed by atoms with Crippen molar-refractivity contribution in [2.75, 3.05) is 7.05 Å². The molecule has 1 amide bonds. The summed E-state index contributed by atoms with van der Waals surface area (Å²) in [5.74, 6) is 0.419. The number of amides is 1. The highest BCUT2D eigenvalue weighted by Crippen LogP contribution is 2.18. The van der Waals surface area contributed by atoms with Crippen LogP contribution in [0, 0.1) is 0 Å². The molecule has 0 bridgehead atoms. The molecule has 0 radical (unpaired) electrons. The van der Waals surface area contributed by atoms with Gasteiger partial charge in [0.1, 0.15) is 5.75 Å². The zero-order chi connectivity index (χ0) is 10.6. The molecule has 0 saturated carbocycles. The van der Waals surface area contributed by atoms with Crippen molar-refractivity contribution in [3.05, 3.63) is 29.8 Å². The van der Waals surface area contributed by atoms with Crippen molar-refractivity contribution in [2.24, 2.45) is 0 Å². The van der Waals surface area contributed by atoms with Gasteiger partial charge in [0.2, 0.25) is 0 Å². The van der Waals surface area contributed by atoms with Gasteiger partial charge in [-0.1, -0.05) is 12.1 Å². The van der Waals surface area contributed by atoms with Crippen LogP contribution < -0.4 is 10.1 Å². The number of rotatable bonds is 2. The number of hydrogen-bond donors (Lipinski definition) is 2. The average Bonchev–Trinajstić information content (AvgIpc) is 2.18. The smallest absolute Gasteiger partial charge is 0.410 e. The van der Waals surface area contributed by atoms with Gasteiger partial charge in [-0.25, -0.2) is 4.79 Å². The number of aliphatic hydroxyl groups excluding tert-OH is 1. The maximum Gasteiger partial charge on any atom is 0.412 e. The molecular weight excluding hydrogens is 182 g/mol. The summed E-state index contributed by atoms with van der Waals surface area (Å²) in [7, 11) is 1.49. The van der Waals surface area contributed by atoms with Gasteiger partial charge in [0, 0.05) is 7.05 Å². The molecule has 0 aliphatic carbocycles. The maximum absolute atomic E-state index is 10.9. The summed E-state index contributed by atoms with van der Waals surface area (Å²) in [6.07, 6.45) is -1.09. The van der Waals surface area contributed by atoms with E-state index in [1.165, 1.54) is 7.05 Å². The highest BCUT2D eigenvalue weighted by atomic mass is 16.5. The third kappa shape index (κ3) is 2.74. The van der Waals surface area contributed by atoms with Crippen LogP contribution >= 0.6 is 0 Å². The second-order valence-corrected chi connectivity index (χ2v) is 2.89. The van der Waals surface area contributed by atoms with E-state index in [4.69, 9.17) is 4.74 Å². The maximum atomic E-state index is 10.9. The summed E-state index contributed by atoms with van der Waals surface area (Å²) < 4.78 is 4.89. The van der Waals surface area contributed by atoms with Crippen molar-refractivity contribution in [3.63, 3.8) is 0 Å². The minimum atomic E-state index is -0.566. The van der Waals surface area contributed by atoms with Crippen LogP contribution in [0.4, 0.5) is 4.79 Å². The number of carbonyl (C=O) groups excluding carboxylic acids is 1. The first-order chi connectivity index (χ1) is 6.63. The number of nitrogens with one attached hydrogen (secondary N) is 1. The van der Waals surface area contributed by atoms with Crippen LogP contribution in [-0.4, -0.2) is 18.2 Å². The van der Waals surface area contributed by atoms with E-state index in [9.17, 15) is 9.90 Å². The zero-order valence-electron chi connectivity index (χ0n) is 8.15. The standard InChI is InChI=1S/C10H13NO3/c1-7(12)8-4-3-5-9(6-8)14-10(13)11-2/h3-7,12H,1-2H3,(H,11,13)/t7-/m1/s1. The fourth-order valence-electron chi connectivity index (χ4n) is 0.996. The second kappa shape index (κ2) is 4.62. The molecule has 0 unspecified atom stereocenters. The van der Waals surface area contributed by atoms with Crippen molar-refractivity contribution < 1.29 is 14.6 Å². The molecule has 0 aromatic heterocycles. The number of aliphatic hydroxyl groups is 1. The average molecular weight is 195 g/mol. The summed E-state index contributed by atoms with van der Waals surface area (Å²) in [6.45, 7) is 1.65. The molecule has 4 heteroatoms. The Morgan fingerprint density at radius 1 is 1.57 bits per heavy atom. The highest BCUT2D eigenvalue weighted by molar-refractivity contribution is 5.69. The van der Waals surface area contributed by atoms with Gasteiger partial charge in [0.15, 0.2) is 0 Å². The second-order valence-electron chi connectivity index (χ2n) is 2.89. The Labute approximate surface area is 82.5 Å². The molecule has 14 heavy (non-hydrogen) atoms. The first kappa shape index (κ1) is 10.5. The Hall–Kier alpha value is -1.55. The molecule has 0 aliphatic heterocycles. The van der Waals surface area contributed by atoms with Crippen molar-refractivity contribution in [1.29, 1.82) is 0 Å². The van der Waals surface area contributed by atoms with E-state index < -0.39 is 12.2 Å². The lowest BCUT2D eigenvalue weighted by molar-refractivity contribution is 0.195. The van der Waals surface area contributed by atoms with Crippen LogP contribution in [0.1, 0.15) is 18.6 Å². The largest absolute Gasteiger partial charge is 0.412 e. The first-order valence-electron chi connectivity index (χ1n) is 4.31. The molecular formula is C10H13NO3. The lowest BCUT2D eigenvalue weighted by Gasteiger charge is -2.07. The third-order valence-electron chi connectivity index (χ3n) is 1.76. The summed E-state index contributed by atoms with van der Waals surface area (Å²) >= 11 is 0. The van der Waals surface area contributed by atoms with E-state index in [1.807, 2.05) is 0 Å². The molecule has 0 heterocycles. The highest BCUT2D eigenvalue weighted by Gasteiger charge is 2.04. The Morgan fingerprint density at radius 2 is 2.29 bits per heavy atom. The van der Waals surface area contributed by atoms with Crippen LogP contribution in [0.5, 0.6) is 5.75 Å². The third-order valence-corrected chi connectivity index (χ3v) is 1.76. The number of benzene rings is 1. The molecule has 76 valence electrons. The van der Waals surface area contributed by atoms with E-state index in [0.717, 1.165) is 0 Å². The lowest BCUT2D eigenvalue weighted by Crippen LogP contribution is -2.22. The van der Waals surface area contributed by atoms with Crippen molar-refractivity contribution >= 4 is 6.09 Å². The van der Waals surface area contributed by atoms with Gasteiger partial charge >= 0.3 is 6.09 Å². The van der Waals surface area contributed by atoms with Crippen molar-refractivity contribution in [3.8, 4) is 5.75 Å². The first-order valence-corrected chi connectivity index (χ1v) is 4.31. The lowest BCUT2D eigenvalue weighted by atomic mass is 10.1. The predicted octanol–water partition coefficient (Wildman–Crippen LogP) is 1.46. The normalized spacial score (nSPS) is 11.9. The molecule has 2 N–H and O–H groups in total. The van der Waals surface area contributed by atoms with Gasteiger partial charge in [-0.05, 0) is 24.6 Å². The summed E-state index contributed by atoms with van der Waals surface area (Å²) in [6, 6.07) is 6.77. The van der Waals surface area contributed by atoms with Crippen molar-refractivity contribution in [2.45, 2.75) is 13.0 Å². The van der Waals surface area contributed by atoms with E-state index in [1.54, 1.807) is 31.2 Å². The van der Waals surface area contributed by atoms with E-state index >= 15 is 0 Å². The monoisotopic (exact) mass is 195 g/mol. The summed E-state index contributed by atoms with van der Waals surface area (Å²) in [4.78, 5) is 10.9. The topological polar surface area (TPSA) is 58.6 Å². The van der Waals surface area contributed by atoms with Gasteiger partial charge in [-0.3, -0.25) is 0 Å². The molecule has 1 aromatic rings. The molecule has 0 spiro atoms. The Morgan fingerprint density at radius 3 is 2.86 bits per heavy atom. The van der Waals surface area contributed by atoms with Crippen LogP contribution in [-0.2, 0) is 0 Å². The quantitative estimate of drug-likeness (QED) is 0.751. The number of ether oxygens (including phenoxy) is 1. The Balaban J connectivity index is 2.78. The van der Waals surface area contributed by atoms with Crippen LogP contribution in [0.2, 0.25) is 0 Å². The fourth-order valence-corrected chi connectivity index (χ4v) is 0.996. The fraction of sp³-hybridized carbons (Fsp3) is 0.300. The van der Waals surface area contributed by atoms with Gasteiger partial charge < -0.3 is 15.2 Å². The summed E-state index contributed by atoms with van der Waals surface area (Å²) in [5.41, 5.74) is 0.714. The number of hydrogen-bond acceptors (Lipinski definition) is 3. The molecule has 1 rings (SSSR count). The molecule has 0 fully saturated rings.